The summed E-state index contributed by atoms with van der Waals surface area (Å²) in [5.74, 6) is 0.172. The van der Waals surface area contributed by atoms with Crippen molar-refractivity contribution in [2.75, 3.05) is 0 Å². The van der Waals surface area contributed by atoms with Gasteiger partial charge in [0.1, 0.15) is 11.1 Å². The molecule has 0 N–H and O–H groups in total. The highest BCUT2D eigenvalue weighted by Gasteiger charge is 2.29. The van der Waals surface area contributed by atoms with E-state index in [4.69, 9.17) is 4.98 Å². The first-order valence-corrected chi connectivity index (χ1v) is 9.36. The quantitative estimate of drug-likeness (QED) is 0.829. The maximum atomic E-state index is 12.8. The summed E-state index contributed by atoms with van der Waals surface area (Å²) in [5.41, 5.74) is 4.91. The lowest BCUT2D eigenvalue weighted by Gasteiger charge is -2.23. The van der Waals surface area contributed by atoms with Crippen molar-refractivity contribution >= 4 is 17.5 Å². The van der Waals surface area contributed by atoms with Gasteiger partial charge >= 0.3 is 0 Å². The molecular weight excluding hydrogens is 316 g/mol. The summed E-state index contributed by atoms with van der Waals surface area (Å²) in [5, 5.41) is 10.1. The molecule has 1 aromatic heterocycles. The molecule has 2 aliphatic carbocycles. The SMILES string of the molecule is N#Cc1cc2c(nc1S[C@H]1CCc3ccccc3C1=O)CCCC2. The van der Waals surface area contributed by atoms with Gasteiger partial charge in [-0.15, -0.1) is 0 Å². The highest BCUT2D eigenvalue weighted by atomic mass is 32.2. The average molecular weight is 334 g/mol. The van der Waals surface area contributed by atoms with Gasteiger partial charge in [0.15, 0.2) is 5.78 Å². The van der Waals surface area contributed by atoms with Gasteiger partial charge in [0.25, 0.3) is 0 Å². The van der Waals surface area contributed by atoms with E-state index in [1.54, 1.807) is 0 Å². The van der Waals surface area contributed by atoms with E-state index in [1.165, 1.54) is 23.7 Å². The number of rotatable bonds is 2. The second-order valence-corrected chi connectivity index (χ2v) is 7.62. The Kier molecular flexibility index (Phi) is 4.12. The molecule has 0 saturated carbocycles. The summed E-state index contributed by atoms with van der Waals surface area (Å²) in [6.45, 7) is 0. The second-order valence-electron chi connectivity index (χ2n) is 6.43. The first-order chi connectivity index (χ1) is 11.8. The number of nitriles is 1. The Balaban J connectivity index is 1.64. The molecule has 0 bridgehead atoms. The second kappa shape index (κ2) is 6.41. The zero-order valence-electron chi connectivity index (χ0n) is 13.4. The number of aryl methyl sites for hydroxylation is 3. The highest BCUT2D eigenvalue weighted by Crippen LogP contribution is 2.35. The number of nitrogens with zero attached hydrogens (tertiary/aromatic N) is 2. The summed E-state index contributed by atoms with van der Waals surface area (Å²) in [4.78, 5) is 17.5. The first-order valence-electron chi connectivity index (χ1n) is 8.48. The molecule has 0 fully saturated rings. The van der Waals surface area contributed by atoms with Gasteiger partial charge in [0.05, 0.1) is 10.8 Å². The highest BCUT2D eigenvalue weighted by molar-refractivity contribution is 8.00. The van der Waals surface area contributed by atoms with Crippen LogP contribution in [0.15, 0.2) is 35.4 Å². The first kappa shape index (κ1) is 15.4. The minimum atomic E-state index is -0.138. The number of ketones is 1. The number of pyridine rings is 1. The molecule has 0 unspecified atom stereocenters. The van der Waals surface area contributed by atoms with Crippen LogP contribution in [0.5, 0.6) is 0 Å². The third-order valence-corrected chi connectivity index (χ3v) is 6.16. The minimum Gasteiger partial charge on any atom is -0.293 e. The number of benzene rings is 1. The number of Topliss-reactive ketones (excluding diaryl/α,β-unsaturated/α-hetero) is 1. The summed E-state index contributed by atoms with van der Waals surface area (Å²) < 4.78 is 0. The Labute approximate surface area is 146 Å². The predicted octanol–water partition coefficient (Wildman–Crippen LogP) is 4.12. The van der Waals surface area contributed by atoms with E-state index in [2.05, 4.69) is 6.07 Å². The number of aromatic nitrogens is 1. The van der Waals surface area contributed by atoms with Crippen molar-refractivity contribution in [3.8, 4) is 6.07 Å². The Morgan fingerprint density at radius 2 is 1.96 bits per heavy atom. The van der Waals surface area contributed by atoms with E-state index in [1.807, 2.05) is 30.3 Å². The Morgan fingerprint density at radius 1 is 1.12 bits per heavy atom. The number of thioether (sulfide) groups is 1. The number of carbonyl (C=O) groups excluding carboxylic acids is 1. The molecule has 1 atom stereocenters. The standard InChI is InChI=1S/C20H18N2OS/c21-12-15-11-14-6-2-4-8-17(14)22-20(15)24-18-10-9-13-5-1-3-7-16(13)19(18)23/h1,3,5,7,11,18H,2,4,6,8-10H2/t18-/m0/s1. The molecule has 4 rings (SSSR count). The molecule has 0 amide bonds. The molecule has 1 heterocycles. The fourth-order valence-corrected chi connectivity index (χ4v) is 4.74. The number of fused-ring (bicyclic) bond motifs is 2. The zero-order valence-corrected chi connectivity index (χ0v) is 14.2. The van der Waals surface area contributed by atoms with E-state index in [0.717, 1.165) is 54.0 Å². The summed E-state index contributed by atoms with van der Waals surface area (Å²) in [6.07, 6.45) is 6.04. The van der Waals surface area contributed by atoms with Crippen LogP contribution < -0.4 is 0 Å². The Hall–Kier alpha value is -2.12. The third-order valence-electron chi connectivity index (χ3n) is 4.89. The molecule has 4 heteroatoms. The van der Waals surface area contributed by atoms with Gasteiger partial charge in [-0.25, -0.2) is 4.98 Å². The van der Waals surface area contributed by atoms with Crippen LogP contribution in [-0.4, -0.2) is 16.0 Å². The Bertz CT molecular complexity index is 853. The molecule has 0 saturated heterocycles. The Morgan fingerprint density at radius 3 is 2.83 bits per heavy atom. The third kappa shape index (κ3) is 2.74. The summed E-state index contributed by atoms with van der Waals surface area (Å²) in [6, 6.07) is 12.1. The van der Waals surface area contributed by atoms with Crippen LogP contribution in [-0.2, 0) is 19.3 Å². The molecule has 0 aliphatic heterocycles. The molecule has 0 radical (unpaired) electrons. The molecule has 120 valence electrons. The van der Waals surface area contributed by atoms with E-state index in [9.17, 15) is 10.1 Å². The minimum absolute atomic E-state index is 0.138. The monoisotopic (exact) mass is 334 g/mol. The van der Waals surface area contributed by atoms with E-state index >= 15 is 0 Å². The van der Waals surface area contributed by atoms with Gasteiger partial charge in [-0.1, -0.05) is 36.0 Å². The van der Waals surface area contributed by atoms with Crippen LogP contribution in [0.4, 0.5) is 0 Å². The average Bonchev–Trinajstić information content (AvgIpc) is 2.63. The van der Waals surface area contributed by atoms with Crippen molar-refractivity contribution in [3.05, 3.63) is 58.3 Å². The maximum absolute atomic E-state index is 12.8. The van der Waals surface area contributed by atoms with E-state index in [-0.39, 0.29) is 11.0 Å². The van der Waals surface area contributed by atoms with Crippen LogP contribution >= 0.6 is 11.8 Å². The maximum Gasteiger partial charge on any atom is 0.176 e. The largest absolute Gasteiger partial charge is 0.293 e. The fourth-order valence-electron chi connectivity index (χ4n) is 3.60. The van der Waals surface area contributed by atoms with E-state index in [0.29, 0.717) is 5.56 Å². The zero-order chi connectivity index (χ0) is 16.5. The smallest absolute Gasteiger partial charge is 0.176 e. The van der Waals surface area contributed by atoms with Gasteiger partial charge in [-0.2, -0.15) is 5.26 Å². The van der Waals surface area contributed by atoms with Crippen molar-refractivity contribution in [2.24, 2.45) is 0 Å². The van der Waals surface area contributed by atoms with Crippen LogP contribution in [0.1, 0.15) is 52.0 Å². The van der Waals surface area contributed by atoms with Crippen molar-refractivity contribution < 1.29 is 4.79 Å². The van der Waals surface area contributed by atoms with Crippen LogP contribution in [0.3, 0.4) is 0 Å². The summed E-state index contributed by atoms with van der Waals surface area (Å²) >= 11 is 1.48. The predicted molar refractivity (Wildman–Crippen MR) is 94.3 cm³/mol. The molecule has 2 aromatic rings. The molecule has 3 nitrogen and oxygen atoms in total. The van der Waals surface area contributed by atoms with E-state index < -0.39 is 0 Å². The molecule has 24 heavy (non-hydrogen) atoms. The molecule has 0 spiro atoms. The van der Waals surface area contributed by atoms with Gasteiger partial charge in [-0.3, -0.25) is 4.79 Å². The normalized spacial score (nSPS) is 19.3. The molecule has 2 aliphatic rings. The van der Waals surface area contributed by atoms with Gasteiger partial charge in [0, 0.05) is 11.3 Å². The van der Waals surface area contributed by atoms with Crippen LogP contribution in [0, 0.1) is 11.3 Å². The van der Waals surface area contributed by atoms with Crippen LogP contribution in [0.25, 0.3) is 0 Å². The fraction of sp³-hybridized carbons (Fsp3) is 0.350. The lowest BCUT2D eigenvalue weighted by molar-refractivity contribution is 0.0979. The lowest BCUT2D eigenvalue weighted by Crippen LogP contribution is -2.25. The topological polar surface area (TPSA) is 53.8 Å². The van der Waals surface area contributed by atoms with Crippen LogP contribution in [0.2, 0.25) is 0 Å². The lowest BCUT2D eigenvalue weighted by atomic mass is 9.90. The van der Waals surface area contributed by atoms with Gasteiger partial charge in [-0.05, 0) is 55.7 Å². The molecular formula is C20H18N2OS. The van der Waals surface area contributed by atoms with Crippen molar-refractivity contribution in [1.82, 2.24) is 4.98 Å². The van der Waals surface area contributed by atoms with Crippen molar-refractivity contribution in [3.63, 3.8) is 0 Å². The van der Waals surface area contributed by atoms with Gasteiger partial charge in [0.2, 0.25) is 0 Å². The number of hydrogen-bond acceptors (Lipinski definition) is 4. The number of carbonyl (C=O) groups is 1. The van der Waals surface area contributed by atoms with Crippen molar-refractivity contribution in [2.45, 2.75) is 48.8 Å². The molecule has 1 aromatic carbocycles. The van der Waals surface area contributed by atoms with Crippen molar-refractivity contribution in [1.29, 1.82) is 5.26 Å². The number of hydrogen-bond donors (Lipinski definition) is 0. The summed E-state index contributed by atoms with van der Waals surface area (Å²) in [7, 11) is 0. The van der Waals surface area contributed by atoms with Gasteiger partial charge < -0.3 is 0 Å².